The summed E-state index contributed by atoms with van der Waals surface area (Å²) in [6.45, 7) is 0. The number of rotatable bonds is 3. The summed E-state index contributed by atoms with van der Waals surface area (Å²) in [6.07, 6.45) is 0. The van der Waals surface area contributed by atoms with Crippen molar-refractivity contribution in [3.63, 3.8) is 0 Å². The smallest absolute Gasteiger partial charge is 0.478 e. The van der Waals surface area contributed by atoms with Crippen LogP contribution in [-0.2, 0) is 10.1 Å². The van der Waals surface area contributed by atoms with Crippen LogP contribution in [-0.4, -0.2) is 25.0 Å². The lowest BCUT2D eigenvalue weighted by molar-refractivity contribution is -0.0500. The summed E-state index contributed by atoms with van der Waals surface area (Å²) in [6, 6.07) is 2.34. The zero-order chi connectivity index (χ0) is 14.1. The Bertz CT molecular complexity index is 581. The molecule has 0 aliphatic rings. The molecule has 1 aromatic rings. The van der Waals surface area contributed by atoms with E-state index in [0.29, 0.717) is 0 Å². The van der Waals surface area contributed by atoms with Crippen LogP contribution in [0.5, 0.6) is 5.75 Å². The summed E-state index contributed by atoms with van der Waals surface area (Å²) in [4.78, 5) is 10.5. The van der Waals surface area contributed by atoms with Crippen LogP contribution in [0.25, 0.3) is 0 Å². The normalized spacial score (nSPS) is 12.2. The van der Waals surface area contributed by atoms with Gasteiger partial charge in [0.15, 0.2) is 5.75 Å². The third kappa shape index (κ3) is 3.05. The van der Waals surface area contributed by atoms with E-state index < -0.39 is 32.4 Å². The monoisotopic (exact) mass is 304 g/mol. The predicted molar refractivity (Wildman–Crippen MR) is 54.0 cm³/mol. The van der Waals surface area contributed by atoms with E-state index in [4.69, 9.17) is 16.7 Å². The van der Waals surface area contributed by atoms with E-state index in [1.807, 2.05) is 0 Å². The van der Waals surface area contributed by atoms with Gasteiger partial charge in [0, 0.05) is 0 Å². The number of carbonyl (C=O) groups is 1. The Kier molecular flexibility index (Phi) is 3.77. The molecule has 1 N–H and O–H groups in total. The SMILES string of the molecule is O=C(O)c1ccc(OS(=O)(=O)C(F)(F)F)c(Cl)c1. The highest BCUT2D eigenvalue weighted by Gasteiger charge is 2.48. The molecule has 100 valence electrons. The fraction of sp³-hybridized carbons (Fsp3) is 0.125. The van der Waals surface area contributed by atoms with Crippen LogP contribution in [0.3, 0.4) is 0 Å². The minimum absolute atomic E-state index is 0.322. The number of hydrogen-bond acceptors (Lipinski definition) is 4. The molecule has 0 bridgehead atoms. The first-order valence-electron chi connectivity index (χ1n) is 4.08. The number of carboxylic acid groups (broad SMARTS) is 1. The molecule has 0 radical (unpaired) electrons. The van der Waals surface area contributed by atoms with Crippen molar-refractivity contribution in [2.75, 3.05) is 0 Å². The summed E-state index contributed by atoms with van der Waals surface area (Å²) in [5, 5.41) is 8.00. The van der Waals surface area contributed by atoms with Crippen LogP contribution >= 0.6 is 11.6 Å². The van der Waals surface area contributed by atoms with Crippen molar-refractivity contribution in [3.8, 4) is 5.75 Å². The molecule has 0 unspecified atom stereocenters. The largest absolute Gasteiger partial charge is 0.534 e. The Balaban J connectivity index is 3.11. The second-order valence-corrected chi connectivity index (χ2v) is 4.88. The quantitative estimate of drug-likeness (QED) is 0.684. The average Bonchev–Trinajstić information content (AvgIpc) is 2.18. The van der Waals surface area contributed by atoms with Gasteiger partial charge in [-0.15, -0.1) is 0 Å². The zero-order valence-electron chi connectivity index (χ0n) is 8.23. The van der Waals surface area contributed by atoms with E-state index in [1.165, 1.54) is 0 Å². The molecule has 18 heavy (non-hydrogen) atoms. The van der Waals surface area contributed by atoms with Gasteiger partial charge in [-0.1, -0.05) is 11.6 Å². The summed E-state index contributed by atoms with van der Waals surface area (Å²) in [5.74, 6) is -2.18. The molecule has 5 nitrogen and oxygen atoms in total. The second kappa shape index (κ2) is 4.65. The Morgan fingerprint density at radius 3 is 2.28 bits per heavy atom. The standard InChI is InChI=1S/C8H4ClF3O5S/c9-5-3-4(7(13)14)1-2-6(5)17-18(15,16)8(10,11)12/h1-3H,(H,13,14). The number of benzene rings is 1. The third-order valence-electron chi connectivity index (χ3n) is 1.66. The first-order chi connectivity index (χ1) is 8.04. The van der Waals surface area contributed by atoms with Crippen molar-refractivity contribution in [2.24, 2.45) is 0 Å². The Morgan fingerprint density at radius 1 is 1.33 bits per heavy atom. The van der Waals surface area contributed by atoms with Crippen LogP contribution < -0.4 is 4.18 Å². The molecule has 1 aromatic carbocycles. The van der Waals surface area contributed by atoms with E-state index in [9.17, 15) is 26.4 Å². The van der Waals surface area contributed by atoms with E-state index >= 15 is 0 Å². The average molecular weight is 305 g/mol. The Labute approximate surface area is 104 Å². The van der Waals surface area contributed by atoms with Gasteiger partial charge in [-0.05, 0) is 18.2 Å². The Hall–Kier alpha value is -1.48. The van der Waals surface area contributed by atoms with Crippen molar-refractivity contribution in [1.82, 2.24) is 0 Å². The van der Waals surface area contributed by atoms with E-state index in [2.05, 4.69) is 4.18 Å². The van der Waals surface area contributed by atoms with Crippen molar-refractivity contribution in [2.45, 2.75) is 5.51 Å². The molecule has 0 amide bonds. The molecule has 0 saturated carbocycles. The molecule has 0 fully saturated rings. The maximum atomic E-state index is 12.0. The molecular weight excluding hydrogens is 301 g/mol. The minimum Gasteiger partial charge on any atom is -0.478 e. The summed E-state index contributed by atoms with van der Waals surface area (Å²) >= 11 is 5.41. The van der Waals surface area contributed by atoms with Gasteiger partial charge >= 0.3 is 21.6 Å². The maximum Gasteiger partial charge on any atom is 0.534 e. The molecule has 1 rings (SSSR count). The number of carboxylic acids is 1. The fourth-order valence-corrected chi connectivity index (χ4v) is 1.61. The van der Waals surface area contributed by atoms with Gasteiger partial charge in [-0.2, -0.15) is 21.6 Å². The molecule has 0 saturated heterocycles. The predicted octanol–water partition coefficient (Wildman–Crippen LogP) is 2.27. The highest BCUT2D eigenvalue weighted by molar-refractivity contribution is 7.88. The Morgan fingerprint density at radius 2 is 1.89 bits per heavy atom. The highest BCUT2D eigenvalue weighted by Crippen LogP contribution is 2.31. The van der Waals surface area contributed by atoms with Crippen LogP contribution in [0.15, 0.2) is 18.2 Å². The fourth-order valence-electron chi connectivity index (χ4n) is 0.867. The van der Waals surface area contributed by atoms with E-state index in [1.54, 1.807) is 0 Å². The number of alkyl halides is 3. The van der Waals surface area contributed by atoms with E-state index in [-0.39, 0.29) is 5.56 Å². The zero-order valence-corrected chi connectivity index (χ0v) is 9.80. The van der Waals surface area contributed by atoms with Crippen molar-refractivity contribution in [1.29, 1.82) is 0 Å². The third-order valence-corrected chi connectivity index (χ3v) is 2.92. The second-order valence-electron chi connectivity index (χ2n) is 2.93. The topological polar surface area (TPSA) is 80.7 Å². The first-order valence-corrected chi connectivity index (χ1v) is 5.87. The van der Waals surface area contributed by atoms with Crippen molar-refractivity contribution in [3.05, 3.63) is 28.8 Å². The summed E-state index contributed by atoms with van der Waals surface area (Å²) in [5.41, 5.74) is -5.92. The first kappa shape index (κ1) is 14.6. The lowest BCUT2D eigenvalue weighted by Crippen LogP contribution is -2.28. The highest BCUT2D eigenvalue weighted by atomic mass is 35.5. The molecule has 0 atom stereocenters. The number of halogens is 4. The number of aromatic carboxylic acids is 1. The van der Waals surface area contributed by atoms with E-state index in [0.717, 1.165) is 18.2 Å². The molecule has 0 heterocycles. The van der Waals surface area contributed by atoms with Crippen LogP contribution in [0.4, 0.5) is 13.2 Å². The lowest BCUT2D eigenvalue weighted by Gasteiger charge is -2.10. The van der Waals surface area contributed by atoms with Gasteiger partial charge in [-0.25, -0.2) is 4.79 Å². The van der Waals surface area contributed by atoms with Gasteiger partial charge in [0.25, 0.3) is 0 Å². The van der Waals surface area contributed by atoms with Gasteiger partial charge in [-0.3, -0.25) is 0 Å². The van der Waals surface area contributed by atoms with Gasteiger partial charge in [0.1, 0.15) is 0 Å². The maximum absolute atomic E-state index is 12.0. The number of hydrogen-bond donors (Lipinski definition) is 1. The lowest BCUT2D eigenvalue weighted by atomic mass is 10.2. The van der Waals surface area contributed by atoms with Crippen molar-refractivity contribution >= 4 is 27.7 Å². The van der Waals surface area contributed by atoms with Gasteiger partial charge in [0.2, 0.25) is 0 Å². The van der Waals surface area contributed by atoms with Crippen LogP contribution in [0.1, 0.15) is 10.4 Å². The summed E-state index contributed by atoms with van der Waals surface area (Å²) < 4.78 is 61.1. The summed E-state index contributed by atoms with van der Waals surface area (Å²) in [7, 11) is -5.84. The molecule has 0 spiro atoms. The molecule has 10 heteroatoms. The molecule has 0 aromatic heterocycles. The van der Waals surface area contributed by atoms with Crippen molar-refractivity contribution < 1.29 is 35.7 Å². The van der Waals surface area contributed by atoms with Crippen LogP contribution in [0.2, 0.25) is 5.02 Å². The van der Waals surface area contributed by atoms with Gasteiger partial charge in [0.05, 0.1) is 10.6 Å². The molecule has 0 aliphatic heterocycles. The van der Waals surface area contributed by atoms with Gasteiger partial charge < -0.3 is 9.29 Å². The minimum atomic E-state index is -5.84. The molecular formula is C8H4ClF3O5S. The van der Waals surface area contributed by atoms with Crippen LogP contribution in [0, 0.1) is 0 Å². The molecule has 0 aliphatic carbocycles.